The first-order chi connectivity index (χ1) is 8.86. The molecule has 0 atom stereocenters. The van der Waals surface area contributed by atoms with Crippen LogP contribution in [0.1, 0.15) is 33.6 Å². The number of rotatable bonds is 3. The van der Waals surface area contributed by atoms with Crippen LogP contribution in [0.4, 0.5) is 0 Å². The predicted molar refractivity (Wildman–Crippen MR) is 93.6 cm³/mol. The van der Waals surface area contributed by atoms with E-state index in [1.165, 1.54) is 12.8 Å². The molecule has 0 unspecified atom stereocenters. The maximum absolute atomic E-state index is 12.0. The molecule has 1 N–H and O–H groups in total. The van der Waals surface area contributed by atoms with Gasteiger partial charge in [0.1, 0.15) is 0 Å². The van der Waals surface area contributed by atoms with Crippen molar-refractivity contribution < 1.29 is 8.42 Å². The van der Waals surface area contributed by atoms with E-state index in [4.69, 9.17) is 0 Å². The fraction of sp³-hybridized carbons (Fsp3) is 0.923. The van der Waals surface area contributed by atoms with Gasteiger partial charge >= 0.3 is 0 Å². The summed E-state index contributed by atoms with van der Waals surface area (Å²) < 4.78 is 23.3. The minimum Gasteiger partial charge on any atom is -0.357 e. The molecule has 5 nitrogen and oxygen atoms in total. The van der Waals surface area contributed by atoms with Gasteiger partial charge < -0.3 is 10.2 Å². The Morgan fingerprint density at radius 3 is 2.55 bits per heavy atom. The zero-order valence-corrected chi connectivity index (χ0v) is 15.7. The minimum atomic E-state index is -2.99. The molecule has 118 valence electrons. The lowest BCUT2D eigenvalue weighted by molar-refractivity contribution is 0.353. The Bertz CT molecular complexity index is 458. The number of aliphatic imine (C=N–C) groups is 1. The molecule has 2 aliphatic rings. The van der Waals surface area contributed by atoms with Gasteiger partial charge in [-0.25, -0.2) is 8.42 Å². The number of hydrogen-bond acceptors (Lipinski definition) is 3. The van der Waals surface area contributed by atoms with Crippen LogP contribution in [-0.4, -0.2) is 56.0 Å². The molecular formula is C13H26IN3O2S. The standard InChI is InChI=1S/C13H25N3O2S.HI/c1-4-14-12(15-9-11-5-6-11)16-7-8-19(17,18)13(2,3)10-16;/h11H,4-10H2,1-3H3,(H,14,15);1H. The maximum Gasteiger partial charge on any atom is 0.194 e. The van der Waals surface area contributed by atoms with Crippen molar-refractivity contribution in [3.63, 3.8) is 0 Å². The molecule has 0 aromatic carbocycles. The van der Waals surface area contributed by atoms with Gasteiger partial charge in [-0.2, -0.15) is 0 Å². The van der Waals surface area contributed by atoms with Gasteiger partial charge in [-0.05, 0) is 39.5 Å². The molecular weight excluding hydrogens is 389 g/mol. The molecule has 1 aliphatic heterocycles. The average molecular weight is 415 g/mol. The van der Waals surface area contributed by atoms with Gasteiger partial charge in [-0.15, -0.1) is 24.0 Å². The highest BCUT2D eigenvalue weighted by Crippen LogP contribution is 2.29. The molecule has 2 rings (SSSR count). The largest absolute Gasteiger partial charge is 0.357 e. The summed E-state index contributed by atoms with van der Waals surface area (Å²) in [5, 5.41) is 3.28. The van der Waals surface area contributed by atoms with Gasteiger partial charge in [-0.3, -0.25) is 4.99 Å². The first-order valence-corrected chi connectivity index (χ1v) is 8.76. The third-order valence-corrected chi connectivity index (χ3v) is 6.41. The summed E-state index contributed by atoms with van der Waals surface area (Å²) in [5.74, 6) is 1.83. The van der Waals surface area contributed by atoms with E-state index in [1.807, 2.05) is 6.92 Å². The van der Waals surface area contributed by atoms with E-state index in [9.17, 15) is 8.42 Å². The van der Waals surface area contributed by atoms with Gasteiger partial charge in [0, 0.05) is 26.2 Å². The van der Waals surface area contributed by atoms with E-state index in [1.54, 1.807) is 13.8 Å². The van der Waals surface area contributed by atoms with Crippen LogP contribution in [0.15, 0.2) is 4.99 Å². The van der Waals surface area contributed by atoms with Gasteiger partial charge in [0.2, 0.25) is 0 Å². The molecule has 1 saturated heterocycles. The zero-order valence-electron chi connectivity index (χ0n) is 12.6. The maximum atomic E-state index is 12.0. The minimum absolute atomic E-state index is 0. The highest BCUT2D eigenvalue weighted by atomic mass is 127. The molecule has 0 aromatic heterocycles. The van der Waals surface area contributed by atoms with Gasteiger partial charge in [0.05, 0.1) is 10.5 Å². The number of nitrogens with zero attached hydrogens (tertiary/aromatic N) is 2. The quantitative estimate of drug-likeness (QED) is 0.431. The lowest BCUT2D eigenvalue weighted by Gasteiger charge is -2.39. The van der Waals surface area contributed by atoms with Gasteiger partial charge in [-0.1, -0.05) is 0 Å². The number of guanidine groups is 1. The Morgan fingerprint density at radius 2 is 2.05 bits per heavy atom. The summed E-state index contributed by atoms with van der Waals surface area (Å²) in [6.45, 7) is 8.39. The smallest absolute Gasteiger partial charge is 0.194 e. The number of hydrogen-bond donors (Lipinski definition) is 1. The van der Waals surface area contributed by atoms with E-state index in [2.05, 4.69) is 15.2 Å². The highest BCUT2D eigenvalue weighted by Gasteiger charge is 2.41. The van der Waals surface area contributed by atoms with Crippen molar-refractivity contribution in [2.45, 2.75) is 38.4 Å². The Kier molecular flexibility index (Phi) is 6.13. The first-order valence-electron chi connectivity index (χ1n) is 7.11. The van der Waals surface area contributed by atoms with Crippen molar-refractivity contribution in [3.8, 4) is 0 Å². The van der Waals surface area contributed by atoms with Crippen molar-refractivity contribution in [1.29, 1.82) is 0 Å². The average Bonchev–Trinajstić information content (AvgIpc) is 3.12. The summed E-state index contributed by atoms with van der Waals surface area (Å²) in [5.41, 5.74) is 0. The Morgan fingerprint density at radius 1 is 1.40 bits per heavy atom. The molecule has 0 aromatic rings. The number of halogens is 1. The van der Waals surface area contributed by atoms with Crippen molar-refractivity contribution in [2.75, 3.05) is 31.9 Å². The van der Waals surface area contributed by atoms with Gasteiger partial charge in [0.25, 0.3) is 0 Å². The highest BCUT2D eigenvalue weighted by molar-refractivity contribution is 14.0. The topological polar surface area (TPSA) is 61.8 Å². The summed E-state index contributed by atoms with van der Waals surface area (Å²) in [7, 11) is -2.99. The molecule has 2 fully saturated rings. The van der Waals surface area contributed by atoms with Gasteiger partial charge in [0.15, 0.2) is 15.8 Å². The van der Waals surface area contributed by atoms with Crippen molar-refractivity contribution >= 4 is 39.8 Å². The molecule has 0 spiro atoms. The van der Waals surface area contributed by atoms with Crippen LogP contribution in [-0.2, 0) is 9.84 Å². The molecule has 0 amide bonds. The lowest BCUT2D eigenvalue weighted by Crippen LogP contribution is -2.57. The van der Waals surface area contributed by atoms with Crippen molar-refractivity contribution in [1.82, 2.24) is 10.2 Å². The van der Waals surface area contributed by atoms with Crippen LogP contribution >= 0.6 is 24.0 Å². The summed E-state index contributed by atoms with van der Waals surface area (Å²) in [6.07, 6.45) is 2.56. The number of nitrogens with one attached hydrogen (secondary N) is 1. The Hall–Kier alpha value is -0.0500. The second kappa shape index (κ2) is 6.81. The van der Waals surface area contributed by atoms with E-state index in [0.717, 1.165) is 25.0 Å². The molecule has 0 radical (unpaired) electrons. The van der Waals surface area contributed by atoms with Crippen LogP contribution in [0.25, 0.3) is 0 Å². The van der Waals surface area contributed by atoms with Crippen LogP contribution in [0.5, 0.6) is 0 Å². The summed E-state index contributed by atoms with van der Waals surface area (Å²) in [4.78, 5) is 6.74. The summed E-state index contributed by atoms with van der Waals surface area (Å²) >= 11 is 0. The fourth-order valence-electron chi connectivity index (χ4n) is 2.27. The van der Waals surface area contributed by atoms with Crippen LogP contribution in [0.3, 0.4) is 0 Å². The van der Waals surface area contributed by atoms with E-state index >= 15 is 0 Å². The third-order valence-electron chi connectivity index (χ3n) is 3.87. The summed E-state index contributed by atoms with van der Waals surface area (Å²) in [6, 6.07) is 0. The fourth-order valence-corrected chi connectivity index (χ4v) is 3.63. The SMILES string of the molecule is CCNC(=NCC1CC1)N1CCS(=O)(=O)C(C)(C)C1.I. The second-order valence-corrected chi connectivity index (χ2v) is 8.88. The van der Waals surface area contributed by atoms with E-state index in [-0.39, 0.29) is 29.7 Å². The molecule has 20 heavy (non-hydrogen) atoms. The zero-order chi connectivity index (χ0) is 14.1. The molecule has 0 bridgehead atoms. The van der Waals surface area contributed by atoms with Crippen molar-refractivity contribution in [3.05, 3.63) is 0 Å². The van der Waals surface area contributed by atoms with Crippen LogP contribution < -0.4 is 5.32 Å². The van der Waals surface area contributed by atoms with E-state index < -0.39 is 14.6 Å². The molecule has 7 heteroatoms. The van der Waals surface area contributed by atoms with E-state index in [0.29, 0.717) is 13.1 Å². The Labute approximate surface area is 139 Å². The monoisotopic (exact) mass is 415 g/mol. The second-order valence-electron chi connectivity index (χ2n) is 6.14. The normalized spacial score (nSPS) is 24.9. The first kappa shape index (κ1) is 18.0. The van der Waals surface area contributed by atoms with Crippen molar-refractivity contribution in [2.24, 2.45) is 10.9 Å². The number of sulfone groups is 1. The van der Waals surface area contributed by atoms with Crippen LogP contribution in [0.2, 0.25) is 0 Å². The predicted octanol–water partition coefficient (Wildman–Crippen LogP) is 1.49. The van der Waals surface area contributed by atoms with Crippen LogP contribution in [0, 0.1) is 5.92 Å². The third kappa shape index (κ3) is 4.22. The Balaban J connectivity index is 0.00000200. The molecule has 1 heterocycles. The molecule has 1 saturated carbocycles. The molecule has 1 aliphatic carbocycles. The lowest BCUT2D eigenvalue weighted by atomic mass is 10.2.